The Kier molecular flexibility index (Phi) is 10.1. The van der Waals surface area contributed by atoms with Crippen molar-refractivity contribution in [2.75, 3.05) is 44.2 Å². The molecule has 2 aromatic rings. The molecule has 0 bridgehead atoms. The largest absolute Gasteiger partial charge is 0.465 e. The predicted molar refractivity (Wildman–Crippen MR) is 158 cm³/mol. The van der Waals surface area contributed by atoms with Crippen LogP contribution in [0.1, 0.15) is 64.2 Å². The zero-order chi connectivity index (χ0) is 30.6. The summed E-state index contributed by atoms with van der Waals surface area (Å²) in [7, 11) is 0. The highest BCUT2D eigenvalue weighted by Crippen LogP contribution is 2.45. The number of rotatable bonds is 12. The van der Waals surface area contributed by atoms with E-state index in [1.807, 2.05) is 20.8 Å². The molecule has 2 saturated heterocycles. The van der Waals surface area contributed by atoms with Crippen LogP contribution in [0.5, 0.6) is 11.6 Å². The summed E-state index contributed by atoms with van der Waals surface area (Å²) >= 11 is 6.17. The van der Waals surface area contributed by atoms with Crippen LogP contribution in [0.2, 0.25) is 5.28 Å². The van der Waals surface area contributed by atoms with Gasteiger partial charge in [0.05, 0.1) is 5.56 Å². The Hall–Kier alpha value is -3.25. The maximum atomic E-state index is 14.3. The van der Waals surface area contributed by atoms with Gasteiger partial charge in [0.1, 0.15) is 11.6 Å². The number of aromatic nitrogens is 3. The number of ether oxygens (including phenoxy) is 1. The number of hydrogen-bond donors (Lipinski definition) is 2. The molecule has 0 aliphatic carbocycles. The summed E-state index contributed by atoms with van der Waals surface area (Å²) in [6.07, 6.45) is 1.67. The molecule has 0 saturated carbocycles. The molecule has 13 heteroatoms. The molecular formula is C29H41ClFN7O4. The fourth-order valence-electron chi connectivity index (χ4n) is 6.19. The van der Waals surface area contributed by atoms with Crippen molar-refractivity contribution < 1.29 is 23.8 Å². The number of anilines is 1. The van der Waals surface area contributed by atoms with Crippen molar-refractivity contribution in [3.63, 3.8) is 0 Å². The van der Waals surface area contributed by atoms with Gasteiger partial charge >= 0.3 is 6.09 Å². The smallest absolute Gasteiger partial charge is 0.404 e. The number of carbonyl (C=O) groups excluding carboxylic acids is 1. The second-order valence-corrected chi connectivity index (χ2v) is 12.2. The van der Waals surface area contributed by atoms with Crippen LogP contribution in [-0.4, -0.2) is 93.4 Å². The SMILES string of the molecule is CCN(C(=O)c1cc(F)ccc1Oc1nnc(Cl)nc1N1CCC2(C1)CN([C@@H](CCCNC(=O)O)C(C)C)C2)C(C)C. The van der Waals surface area contributed by atoms with Crippen LogP contribution < -0.4 is 15.0 Å². The van der Waals surface area contributed by atoms with Crippen LogP contribution in [0.4, 0.5) is 15.0 Å². The van der Waals surface area contributed by atoms with E-state index in [2.05, 4.69) is 44.1 Å². The van der Waals surface area contributed by atoms with Gasteiger partial charge in [-0.05, 0) is 75.8 Å². The molecule has 11 nitrogen and oxygen atoms in total. The average molecular weight is 606 g/mol. The van der Waals surface area contributed by atoms with Gasteiger partial charge in [0.15, 0.2) is 5.82 Å². The highest BCUT2D eigenvalue weighted by molar-refractivity contribution is 6.28. The van der Waals surface area contributed by atoms with E-state index in [1.54, 1.807) is 4.90 Å². The molecule has 3 heterocycles. The number of halogens is 2. The summed E-state index contributed by atoms with van der Waals surface area (Å²) in [4.78, 5) is 34.8. The monoisotopic (exact) mass is 605 g/mol. The first-order valence-corrected chi connectivity index (χ1v) is 14.9. The van der Waals surface area contributed by atoms with Gasteiger partial charge in [-0.2, -0.15) is 4.98 Å². The lowest BCUT2D eigenvalue weighted by Gasteiger charge is -2.53. The Bertz CT molecular complexity index is 1270. The molecule has 2 fully saturated rings. The Morgan fingerprint density at radius 3 is 2.60 bits per heavy atom. The van der Waals surface area contributed by atoms with E-state index in [4.69, 9.17) is 21.4 Å². The van der Waals surface area contributed by atoms with Gasteiger partial charge in [0.25, 0.3) is 11.8 Å². The molecule has 4 rings (SSSR count). The number of carboxylic acid groups (broad SMARTS) is 1. The molecule has 0 radical (unpaired) electrons. The fourth-order valence-corrected chi connectivity index (χ4v) is 6.31. The van der Waals surface area contributed by atoms with Crippen molar-refractivity contribution in [3.8, 4) is 11.6 Å². The van der Waals surface area contributed by atoms with E-state index in [-0.39, 0.29) is 39.8 Å². The summed E-state index contributed by atoms with van der Waals surface area (Å²) in [5, 5.41) is 19.3. The van der Waals surface area contributed by atoms with E-state index in [0.717, 1.165) is 45.4 Å². The number of carbonyl (C=O) groups is 2. The van der Waals surface area contributed by atoms with E-state index in [0.29, 0.717) is 30.9 Å². The highest BCUT2D eigenvalue weighted by Gasteiger charge is 2.50. The molecule has 230 valence electrons. The lowest BCUT2D eigenvalue weighted by molar-refractivity contribution is -0.0338. The first-order chi connectivity index (χ1) is 19.9. The number of likely N-dealkylation sites (tertiary alicyclic amines) is 1. The second-order valence-electron chi connectivity index (χ2n) is 11.9. The average Bonchev–Trinajstić information content (AvgIpc) is 3.35. The third-order valence-corrected chi connectivity index (χ3v) is 8.38. The van der Waals surface area contributed by atoms with Gasteiger partial charge in [0, 0.05) is 56.8 Å². The standard InChI is InChI=1S/C29H41ClFN7O4/c1-6-38(19(4)5)26(39)21-14-20(31)9-10-23(21)42-25-24(33-27(30)35-34-25)36-13-11-29(15-36)16-37(17-29)22(18(2)3)8-7-12-32-28(40)41/h9-10,14,18-19,22,32H,6-8,11-13,15-17H2,1-5H3,(H,40,41)/t22-/m0/s1. The number of hydrogen-bond acceptors (Lipinski definition) is 8. The first-order valence-electron chi connectivity index (χ1n) is 14.6. The zero-order valence-corrected chi connectivity index (χ0v) is 25.7. The quantitative estimate of drug-likeness (QED) is 0.325. The van der Waals surface area contributed by atoms with E-state index >= 15 is 0 Å². The zero-order valence-electron chi connectivity index (χ0n) is 24.9. The molecule has 1 spiro atoms. The van der Waals surface area contributed by atoms with Gasteiger partial charge in [-0.3, -0.25) is 9.69 Å². The van der Waals surface area contributed by atoms with Crippen LogP contribution in [0.15, 0.2) is 18.2 Å². The van der Waals surface area contributed by atoms with Gasteiger partial charge < -0.3 is 25.0 Å². The normalized spacial score (nSPS) is 17.0. The van der Waals surface area contributed by atoms with E-state index in [9.17, 15) is 14.0 Å². The Morgan fingerprint density at radius 2 is 1.95 bits per heavy atom. The van der Waals surface area contributed by atoms with Crippen molar-refractivity contribution >= 4 is 29.4 Å². The molecular weight excluding hydrogens is 565 g/mol. The van der Waals surface area contributed by atoms with E-state index < -0.39 is 11.9 Å². The predicted octanol–water partition coefficient (Wildman–Crippen LogP) is 4.91. The molecule has 2 aliphatic heterocycles. The van der Waals surface area contributed by atoms with Crippen LogP contribution in [0, 0.1) is 17.2 Å². The van der Waals surface area contributed by atoms with Crippen LogP contribution >= 0.6 is 11.6 Å². The third kappa shape index (κ3) is 7.20. The molecule has 2 aliphatic rings. The van der Waals surface area contributed by atoms with Crippen molar-refractivity contribution in [3.05, 3.63) is 34.9 Å². The molecule has 42 heavy (non-hydrogen) atoms. The summed E-state index contributed by atoms with van der Waals surface area (Å²) in [5.74, 6) is 0.269. The number of amides is 2. The van der Waals surface area contributed by atoms with Crippen LogP contribution in [0.25, 0.3) is 0 Å². The fraction of sp³-hybridized carbons (Fsp3) is 0.621. The lowest BCUT2D eigenvalue weighted by atomic mass is 9.76. The second kappa shape index (κ2) is 13.4. The molecule has 1 atom stereocenters. The molecule has 2 amide bonds. The minimum absolute atomic E-state index is 0.0178. The maximum absolute atomic E-state index is 14.3. The molecule has 2 N–H and O–H groups in total. The minimum Gasteiger partial charge on any atom is -0.465 e. The van der Waals surface area contributed by atoms with Crippen LogP contribution in [-0.2, 0) is 0 Å². The van der Waals surface area contributed by atoms with Crippen molar-refractivity contribution in [1.29, 1.82) is 0 Å². The molecule has 0 unspecified atom stereocenters. The summed E-state index contributed by atoms with van der Waals surface area (Å²) < 4.78 is 20.4. The van der Waals surface area contributed by atoms with Gasteiger partial charge in [-0.25, -0.2) is 9.18 Å². The van der Waals surface area contributed by atoms with Gasteiger partial charge in [0.2, 0.25) is 5.28 Å². The minimum atomic E-state index is -0.992. The topological polar surface area (TPSA) is 124 Å². The lowest BCUT2D eigenvalue weighted by Crippen LogP contribution is -2.62. The first kappa shape index (κ1) is 31.7. The van der Waals surface area contributed by atoms with Crippen molar-refractivity contribution in [2.24, 2.45) is 11.3 Å². The highest BCUT2D eigenvalue weighted by atomic mass is 35.5. The molecule has 1 aromatic carbocycles. The molecule has 1 aromatic heterocycles. The Labute approximate surface area is 251 Å². The van der Waals surface area contributed by atoms with Crippen molar-refractivity contribution in [1.82, 2.24) is 30.3 Å². The summed E-state index contributed by atoms with van der Waals surface area (Å²) in [6.45, 7) is 14.3. The number of benzene rings is 1. The summed E-state index contributed by atoms with van der Waals surface area (Å²) in [6, 6.07) is 4.13. The van der Waals surface area contributed by atoms with E-state index in [1.165, 1.54) is 18.2 Å². The van der Waals surface area contributed by atoms with Gasteiger partial charge in [-0.15, -0.1) is 10.2 Å². The third-order valence-electron chi connectivity index (χ3n) is 8.22. The van der Waals surface area contributed by atoms with Crippen LogP contribution in [0.3, 0.4) is 0 Å². The maximum Gasteiger partial charge on any atom is 0.404 e. The number of nitrogens with one attached hydrogen (secondary N) is 1. The van der Waals surface area contributed by atoms with Gasteiger partial charge in [-0.1, -0.05) is 13.8 Å². The van der Waals surface area contributed by atoms with Crippen molar-refractivity contribution in [2.45, 2.75) is 66.0 Å². The Balaban J connectivity index is 1.48. The Morgan fingerprint density at radius 1 is 1.21 bits per heavy atom. The summed E-state index contributed by atoms with van der Waals surface area (Å²) in [5.41, 5.74) is 0.177. The number of nitrogens with zero attached hydrogens (tertiary/aromatic N) is 6.